The molecular weight excluding hydrogens is 236 g/mol. The molecule has 0 saturated heterocycles. The maximum Gasteiger partial charge on any atom is 0.148 e. The van der Waals surface area contributed by atoms with Crippen molar-refractivity contribution in [3.05, 3.63) is 0 Å². The third-order valence-corrected chi connectivity index (χ3v) is 4.75. The van der Waals surface area contributed by atoms with E-state index in [1.165, 1.54) is 19.1 Å². The first-order valence-corrected chi connectivity index (χ1v) is 8.44. The zero-order chi connectivity index (χ0) is 13.1. The lowest BCUT2D eigenvalue weighted by molar-refractivity contribution is 0.134. The van der Waals surface area contributed by atoms with Crippen LogP contribution in [0.1, 0.15) is 26.2 Å². The van der Waals surface area contributed by atoms with Crippen LogP contribution in [0.3, 0.4) is 0 Å². The van der Waals surface area contributed by atoms with Gasteiger partial charge in [0.1, 0.15) is 9.84 Å². The van der Waals surface area contributed by atoms with Crippen LogP contribution in [-0.4, -0.2) is 58.1 Å². The second-order valence-electron chi connectivity index (χ2n) is 5.49. The number of sulfone groups is 1. The van der Waals surface area contributed by atoms with Crippen molar-refractivity contribution >= 4 is 9.84 Å². The molecule has 3 unspecified atom stereocenters. The van der Waals surface area contributed by atoms with Gasteiger partial charge in [0.05, 0.1) is 5.75 Å². The van der Waals surface area contributed by atoms with E-state index >= 15 is 0 Å². The van der Waals surface area contributed by atoms with Crippen molar-refractivity contribution in [3.63, 3.8) is 0 Å². The fraction of sp³-hybridized carbons (Fsp3) is 1.00. The van der Waals surface area contributed by atoms with Gasteiger partial charge < -0.3 is 10.2 Å². The summed E-state index contributed by atoms with van der Waals surface area (Å²) in [6.45, 7) is 2.91. The summed E-state index contributed by atoms with van der Waals surface area (Å²) in [6.07, 6.45) is 4.92. The van der Waals surface area contributed by atoms with E-state index in [2.05, 4.69) is 17.1 Å². The third-order valence-electron chi connectivity index (χ3n) is 3.83. The van der Waals surface area contributed by atoms with Gasteiger partial charge in [0.25, 0.3) is 0 Å². The maximum atomic E-state index is 11.2. The summed E-state index contributed by atoms with van der Waals surface area (Å²) in [7, 11) is 1.18. The number of nitrogens with zero attached hydrogens (tertiary/aromatic N) is 1. The van der Waals surface area contributed by atoms with Crippen LogP contribution in [0, 0.1) is 5.92 Å². The van der Waals surface area contributed by atoms with Crippen LogP contribution in [0.25, 0.3) is 0 Å². The van der Waals surface area contributed by atoms with Crippen LogP contribution >= 0.6 is 0 Å². The van der Waals surface area contributed by atoms with Crippen molar-refractivity contribution in [2.75, 3.05) is 32.6 Å². The fourth-order valence-corrected chi connectivity index (χ4v) is 3.27. The van der Waals surface area contributed by atoms with Crippen molar-refractivity contribution in [1.82, 2.24) is 10.2 Å². The Morgan fingerprint density at radius 3 is 2.53 bits per heavy atom. The normalized spacial score (nSPS) is 30.8. The topological polar surface area (TPSA) is 49.4 Å². The molecule has 0 heterocycles. The van der Waals surface area contributed by atoms with Gasteiger partial charge >= 0.3 is 0 Å². The van der Waals surface area contributed by atoms with Gasteiger partial charge in [-0.1, -0.05) is 6.92 Å². The van der Waals surface area contributed by atoms with Crippen LogP contribution in [0.4, 0.5) is 0 Å². The molecule has 0 radical (unpaired) electrons. The zero-order valence-corrected chi connectivity index (χ0v) is 12.3. The smallest absolute Gasteiger partial charge is 0.148 e. The van der Waals surface area contributed by atoms with Crippen LogP contribution in [-0.2, 0) is 9.84 Å². The minimum atomic E-state index is -2.86. The Kier molecular flexibility index (Phi) is 5.41. The van der Waals surface area contributed by atoms with E-state index in [1.54, 1.807) is 0 Å². The van der Waals surface area contributed by atoms with E-state index in [0.29, 0.717) is 18.6 Å². The summed E-state index contributed by atoms with van der Waals surface area (Å²) in [5.74, 6) is 0.996. The quantitative estimate of drug-likeness (QED) is 0.794. The molecule has 1 rings (SSSR count). The summed E-state index contributed by atoms with van der Waals surface area (Å²) in [5.41, 5.74) is 0. The minimum Gasteiger partial charge on any atom is -0.315 e. The predicted octanol–water partition coefficient (Wildman–Crippen LogP) is 0.739. The van der Waals surface area contributed by atoms with Crippen molar-refractivity contribution in [2.24, 2.45) is 5.92 Å². The molecule has 3 atom stereocenters. The molecule has 4 nitrogen and oxygen atoms in total. The van der Waals surface area contributed by atoms with Gasteiger partial charge in [0, 0.05) is 24.9 Å². The lowest BCUT2D eigenvalue weighted by Crippen LogP contribution is -2.51. The van der Waals surface area contributed by atoms with Gasteiger partial charge in [0.15, 0.2) is 0 Å². The standard InChI is InChI=1S/C12H26N2O2S/c1-10-5-6-11(13-2)12(9-10)14(3)7-8-17(4,15)16/h10-13H,5-9H2,1-4H3. The average molecular weight is 262 g/mol. The highest BCUT2D eigenvalue weighted by Gasteiger charge is 2.30. The summed E-state index contributed by atoms with van der Waals surface area (Å²) < 4.78 is 22.4. The van der Waals surface area contributed by atoms with Gasteiger partial charge in [-0.25, -0.2) is 8.42 Å². The second kappa shape index (κ2) is 6.16. The molecule has 0 aromatic heterocycles. The van der Waals surface area contributed by atoms with Gasteiger partial charge in [-0.3, -0.25) is 0 Å². The Labute approximate surface area is 106 Å². The fourth-order valence-electron chi connectivity index (χ4n) is 2.65. The van der Waals surface area contributed by atoms with Crippen LogP contribution in [0.2, 0.25) is 0 Å². The molecule has 1 aliphatic rings. The molecule has 0 aliphatic heterocycles. The highest BCUT2D eigenvalue weighted by Crippen LogP contribution is 2.27. The molecule has 0 aromatic rings. The van der Waals surface area contributed by atoms with Crippen LogP contribution in [0.15, 0.2) is 0 Å². The predicted molar refractivity (Wildman–Crippen MR) is 72.0 cm³/mol. The molecule has 1 fully saturated rings. The van der Waals surface area contributed by atoms with E-state index in [0.717, 1.165) is 12.3 Å². The first-order valence-electron chi connectivity index (χ1n) is 6.38. The van der Waals surface area contributed by atoms with E-state index in [-0.39, 0.29) is 5.75 Å². The molecule has 1 saturated carbocycles. The second-order valence-corrected chi connectivity index (χ2v) is 7.75. The van der Waals surface area contributed by atoms with Crippen molar-refractivity contribution < 1.29 is 8.42 Å². The molecule has 0 spiro atoms. The summed E-state index contributed by atoms with van der Waals surface area (Å²) in [4.78, 5) is 2.21. The summed E-state index contributed by atoms with van der Waals surface area (Å²) in [6, 6.07) is 0.960. The van der Waals surface area contributed by atoms with Gasteiger partial charge in [0.2, 0.25) is 0 Å². The minimum absolute atomic E-state index is 0.255. The summed E-state index contributed by atoms with van der Waals surface area (Å²) >= 11 is 0. The first-order chi connectivity index (χ1) is 7.83. The van der Waals surface area contributed by atoms with Crippen LogP contribution < -0.4 is 5.32 Å². The highest BCUT2D eigenvalue weighted by molar-refractivity contribution is 7.90. The lowest BCUT2D eigenvalue weighted by Gasteiger charge is -2.40. The molecule has 0 amide bonds. The Morgan fingerprint density at radius 2 is 2.00 bits per heavy atom. The lowest BCUT2D eigenvalue weighted by atomic mass is 9.83. The molecule has 1 N–H and O–H groups in total. The van der Waals surface area contributed by atoms with Gasteiger partial charge in [-0.15, -0.1) is 0 Å². The van der Waals surface area contributed by atoms with E-state index in [4.69, 9.17) is 0 Å². The largest absolute Gasteiger partial charge is 0.315 e. The number of likely N-dealkylation sites (N-methyl/N-ethyl adjacent to an activating group) is 2. The third kappa shape index (κ3) is 4.94. The van der Waals surface area contributed by atoms with Crippen molar-refractivity contribution in [2.45, 2.75) is 38.3 Å². The number of hydrogen-bond acceptors (Lipinski definition) is 4. The summed E-state index contributed by atoms with van der Waals surface area (Å²) in [5, 5.41) is 3.36. The SMILES string of the molecule is CNC1CCC(C)CC1N(C)CCS(C)(=O)=O. The number of hydrogen-bond donors (Lipinski definition) is 1. The Hall–Kier alpha value is -0.130. The zero-order valence-electron chi connectivity index (χ0n) is 11.4. The van der Waals surface area contributed by atoms with E-state index < -0.39 is 9.84 Å². The Bertz CT molecular complexity index is 329. The Morgan fingerprint density at radius 1 is 1.35 bits per heavy atom. The van der Waals surface area contributed by atoms with Crippen LogP contribution in [0.5, 0.6) is 0 Å². The van der Waals surface area contributed by atoms with E-state index in [1.807, 2.05) is 14.1 Å². The molecule has 0 bridgehead atoms. The average Bonchev–Trinajstić information content (AvgIpc) is 2.25. The molecule has 17 heavy (non-hydrogen) atoms. The monoisotopic (exact) mass is 262 g/mol. The Balaban J connectivity index is 2.55. The molecular formula is C12H26N2O2S. The molecule has 102 valence electrons. The number of nitrogens with one attached hydrogen (secondary N) is 1. The van der Waals surface area contributed by atoms with Gasteiger partial charge in [-0.05, 0) is 39.3 Å². The molecule has 1 aliphatic carbocycles. The number of rotatable bonds is 5. The van der Waals surface area contributed by atoms with Crippen molar-refractivity contribution in [1.29, 1.82) is 0 Å². The molecule has 5 heteroatoms. The maximum absolute atomic E-state index is 11.2. The van der Waals surface area contributed by atoms with Crippen molar-refractivity contribution in [3.8, 4) is 0 Å². The van der Waals surface area contributed by atoms with E-state index in [9.17, 15) is 8.42 Å². The highest BCUT2D eigenvalue weighted by atomic mass is 32.2. The molecule has 0 aromatic carbocycles. The van der Waals surface area contributed by atoms with Gasteiger partial charge in [-0.2, -0.15) is 0 Å². The first kappa shape index (κ1) is 14.9.